The molecule has 1 heterocycles. The first-order chi connectivity index (χ1) is 6.38. The van der Waals surface area contributed by atoms with Crippen LogP contribution in [0, 0.1) is 0 Å². The maximum absolute atomic E-state index is 5.76. The van der Waals surface area contributed by atoms with Crippen LogP contribution in [0.15, 0.2) is 4.42 Å². The summed E-state index contributed by atoms with van der Waals surface area (Å²) in [6.07, 6.45) is 4.70. The Morgan fingerprint density at radius 3 is 2.92 bits per heavy atom. The molecule has 1 aromatic rings. The lowest BCUT2D eigenvalue weighted by molar-refractivity contribution is 0.427. The van der Waals surface area contributed by atoms with E-state index in [-0.39, 0.29) is 0 Å². The lowest BCUT2D eigenvalue weighted by Gasteiger charge is -2.02. The Kier molecular flexibility index (Phi) is 1.50. The van der Waals surface area contributed by atoms with Crippen LogP contribution < -0.4 is 5.73 Å². The first-order valence-electron chi connectivity index (χ1n) is 5.08. The first-order valence-corrected chi connectivity index (χ1v) is 5.08. The largest absolute Gasteiger partial charge is 0.445 e. The summed E-state index contributed by atoms with van der Waals surface area (Å²) in [5, 5.41) is 0. The number of aryl methyl sites for hydroxylation is 1. The molecule has 0 amide bonds. The average molecular weight is 178 g/mol. The Morgan fingerprint density at radius 1 is 1.38 bits per heavy atom. The van der Waals surface area contributed by atoms with Crippen LogP contribution in [-0.4, -0.2) is 11.5 Å². The van der Waals surface area contributed by atoms with E-state index in [1.807, 2.05) is 0 Å². The third-order valence-corrected chi connectivity index (χ3v) is 3.06. The topological polar surface area (TPSA) is 52.0 Å². The van der Waals surface area contributed by atoms with Crippen LogP contribution in [0.1, 0.15) is 48.4 Å². The van der Waals surface area contributed by atoms with E-state index < -0.39 is 0 Å². The highest BCUT2D eigenvalue weighted by Gasteiger charge is 2.34. The zero-order valence-electron chi connectivity index (χ0n) is 7.62. The minimum absolute atomic E-state index is 0.440. The van der Waals surface area contributed by atoms with Crippen LogP contribution in [-0.2, 0) is 6.42 Å². The van der Waals surface area contributed by atoms with Gasteiger partial charge in [-0.1, -0.05) is 0 Å². The van der Waals surface area contributed by atoms with Crippen LogP contribution in [0.25, 0.3) is 0 Å². The summed E-state index contributed by atoms with van der Waals surface area (Å²) in [7, 11) is 0. The van der Waals surface area contributed by atoms with Crippen LogP contribution in [0.5, 0.6) is 0 Å². The van der Waals surface area contributed by atoms with Gasteiger partial charge in [0.25, 0.3) is 0 Å². The van der Waals surface area contributed by atoms with Crippen LogP contribution in [0.3, 0.4) is 0 Å². The lowest BCUT2D eigenvalue weighted by atomic mass is 10.1. The zero-order valence-corrected chi connectivity index (χ0v) is 7.62. The highest BCUT2D eigenvalue weighted by molar-refractivity contribution is 5.23. The van der Waals surface area contributed by atoms with Crippen molar-refractivity contribution in [3.8, 4) is 0 Å². The van der Waals surface area contributed by atoms with Crippen LogP contribution >= 0.6 is 0 Å². The Hall–Kier alpha value is -0.830. The number of fused-ring (bicyclic) bond motifs is 1. The lowest BCUT2D eigenvalue weighted by Crippen LogP contribution is -2.08. The van der Waals surface area contributed by atoms with Crippen molar-refractivity contribution < 1.29 is 4.42 Å². The molecule has 1 aromatic heterocycles. The fourth-order valence-corrected chi connectivity index (χ4v) is 2.05. The molecule has 70 valence electrons. The minimum Gasteiger partial charge on any atom is -0.445 e. The molecule has 3 heteroatoms. The molecule has 0 aliphatic heterocycles. The van der Waals surface area contributed by atoms with Gasteiger partial charge in [0, 0.05) is 18.4 Å². The quantitative estimate of drug-likeness (QED) is 0.747. The molecule has 3 rings (SSSR count). The summed E-state index contributed by atoms with van der Waals surface area (Å²) in [4.78, 5) is 4.53. The second-order valence-electron chi connectivity index (χ2n) is 4.11. The van der Waals surface area contributed by atoms with Crippen molar-refractivity contribution in [3.05, 3.63) is 17.3 Å². The van der Waals surface area contributed by atoms with Gasteiger partial charge in [0.2, 0.25) is 0 Å². The summed E-state index contributed by atoms with van der Waals surface area (Å²) < 4.78 is 5.76. The van der Waals surface area contributed by atoms with E-state index in [0.29, 0.717) is 18.4 Å². The molecular formula is C10H14N2O. The van der Waals surface area contributed by atoms with Gasteiger partial charge in [-0.2, -0.15) is 0 Å². The van der Waals surface area contributed by atoms with Gasteiger partial charge in [-0.3, -0.25) is 0 Å². The summed E-state index contributed by atoms with van der Waals surface area (Å²) in [5.74, 6) is 3.13. The zero-order chi connectivity index (χ0) is 8.84. The molecule has 0 aromatic carbocycles. The molecular weight excluding hydrogens is 164 g/mol. The van der Waals surface area contributed by atoms with Gasteiger partial charge in [0.1, 0.15) is 5.76 Å². The average Bonchev–Trinajstić information content (AvgIpc) is 2.78. The minimum atomic E-state index is 0.440. The summed E-state index contributed by atoms with van der Waals surface area (Å²) in [6, 6.07) is 0. The van der Waals surface area contributed by atoms with Crippen molar-refractivity contribution in [2.24, 2.45) is 5.73 Å². The number of rotatable bonds is 2. The summed E-state index contributed by atoms with van der Waals surface area (Å²) >= 11 is 0. The number of nitrogens with zero attached hydrogens (tertiary/aromatic N) is 1. The highest BCUT2D eigenvalue weighted by atomic mass is 16.4. The van der Waals surface area contributed by atoms with Gasteiger partial charge in [-0.05, 0) is 25.7 Å². The molecule has 3 nitrogen and oxygen atoms in total. The van der Waals surface area contributed by atoms with Crippen molar-refractivity contribution in [2.75, 3.05) is 6.54 Å². The van der Waals surface area contributed by atoms with Gasteiger partial charge in [0.05, 0.1) is 5.69 Å². The number of hydrogen-bond acceptors (Lipinski definition) is 3. The molecule has 1 fully saturated rings. The van der Waals surface area contributed by atoms with E-state index in [4.69, 9.17) is 10.2 Å². The van der Waals surface area contributed by atoms with Crippen molar-refractivity contribution in [3.63, 3.8) is 0 Å². The predicted octanol–water partition coefficient (Wildman–Crippen LogP) is 1.54. The molecule has 1 saturated carbocycles. The highest BCUT2D eigenvalue weighted by Crippen LogP contribution is 2.43. The van der Waals surface area contributed by atoms with E-state index in [1.54, 1.807) is 0 Å². The van der Waals surface area contributed by atoms with Crippen LogP contribution in [0.4, 0.5) is 0 Å². The third kappa shape index (κ3) is 1.10. The van der Waals surface area contributed by atoms with E-state index in [9.17, 15) is 0 Å². The van der Waals surface area contributed by atoms with Crippen molar-refractivity contribution in [2.45, 2.75) is 37.5 Å². The van der Waals surface area contributed by atoms with E-state index in [2.05, 4.69) is 4.98 Å². The number of nitrogens with two attached hydrogens (primary N) is 1. The Balaban J connectivity index is 1.95. The summed E-state index contributed by atoms with van der Waals surface area (Å²) in [6.45, 7) is 0.701. The molecule has 13 heavy (non-hydrogen) atoms. The molecule has 2 aliphatic carbocycles. The van der Waals surface area contributed by atoms with Gasteiger partial charge in [-0.25, -0.2) is 4.98 Å². The molecule has 0 saturated heterocycles. The third-order valence-electron chi connectivity index (χ3n) is 3.06. The van der Waals surface area contributed by atoms with Gasteiger partial charge < -0.3 is 10.2 Å². The molecule has 0 bridgehead atoms. The molecule has 2 N–H and O–H groups in total. The van der Waals surface area contributed by atoms with Crippen molar-refractivity contribution in [1.29, 1.82) is 0 Å². The number of oxazole rings is 1. The predicted molar refractivity (Wildman–Crippen MR) is 48.6 cm³/mol. The van der Waals surface area contributed by atoms with Gasteiger partial charge in [-0.15, -0.1) is 0 Å². The number of hydrogen-bond donors (Lipinski definition) is 1. The fraction of sp³-hybridized carbons (Fsp3) is 0.700. The normalized spacial score (nSPS) is 26.4. The van der Waals surface area contributed by atoms with E-state index in [1.165, 1.54) is 18.5 Å². The molecule has 1 atom stereocenters. The molecule has 1 unspecified atom stereocenters. The van der Waals surface area contributed by atoms with Gasteiger partial charge in [0.15, 0.2) is 5.89 Å². The number of aromatic nitrogens is 1. The maximum atomic E-state index is 5.76. The van der Waals surface area contributed by atoms with E-state index in [0.717, 1.165) is 24.5 Å². The van der Waals surface area contributed by atoms with Crippen molar-refractivity contribution in [1.82, 2.24) is 4.98 Å². The Morgan fingerprint density at radius 2 is 2.23 bits per heavy atom. The SMILES string of the molecule is NCC1CCc2nc(C3CC3)oc21. The second-order valence-corrected chi connectivity index (χ2v) is 4.11. The second kappa shape index (κ2) is 2.58. The fourth-order valence-electron chi connectivity index (χ4n) is 2.05. The standard InChI is InChI=1S/C10H14N2O/c11-5-7-3-4-8-9(7)13-10(12-8)6-1-2-6/h6-7H,1-5,11H2. The molecule has 0 spiro atoms. The first kappa shape index (κ1) is 7.56. The Bertz CT molecular complexity index is 328. The van der Waals surface area contributed by atoms with Crippen LogP contribution in [0.2, 0.25) is 0 Å². The smallest absolute Gasteiger partial charge is 0.197 e. The van der Waals surface area contributed by atoms with E-state index >= 15 is 0 Å². The van der Waals surface area contributed by atoms with Crippen molar-refractivity contribution >= 4 is 0 Å². The Labute approximate surface area is 77.3 Å². The molecule has 0 radical (unpaired) electrons. The monoisotopic (exact) mass is 178 g/mol. The van der Waals surface area contributed by atoms with Gasteiger partial charge >= 0.3 is 0 Å². The maximum Gasteiger partial charge on any atom is 0.197 e. The molecule has 2 aliphatic rings. The summed E-state index contributed by atoms with van der Waals surface area (Å²) in [5.41, 5.74) is 6.84.